The lowest BCUT2D eigenvalue weighted by Gasteiger charge is -2.10. The average molecular weight is 415 g/mol. The third-order valence-corrected chi connectivity index (χ3v) is 5.36. The Labute approximate surface area is 156 Å². The fourth-order valence-electron chi connectivity index (χ4n) is 1.88. The number of hydrogen-bond donors (Lipinski definition) is 5. The molecule has 0 saturated heterocycles. The highest BCUT2D eigenvalue weighted by molar-refractivity contribution is 7.93. The Morgan fingerprint density at radius 3 is 2.63 bits per heavy atom. The van der Waals surface area contributed by atoms with Crippen molar-refractivity contribution in [3.8, 4) is 0 Å². The molecule has 0 aliphatic heterocycles. The molecule has 144 valence electrons. The molecule has 10 nitrogen and oxygen atoms in total. The van der Waals surface area contributed by atoms with Crippen LogP contribution in [0.1, 0.15) is 23.3 Å². The molecule has 1 amide bonds. The predicted molar refractivity (Wildman–Crippen MR) is 96.1 cm³/mol. The zero-order valence-corrected chi connectivity index (χ0v) is 15.2. The van der Waals surface area contributed by atoms with Crippen LogP contribution in [0, 0.1) is 11.2 Å². The van der Waals surface area contributed by atoms with Gasteiger partial charge in [0.05, 0.1) is 21.9 Å². The smallest absolute Gasteiger partial charge is 0.357 e. The average Bonchev–Trinajstić information content (AvgIpc) is 3.02. The molecule has 0 radical (unpaired) electrons. The van der Waals surface area contributed by atoms with Gasteiger partial charge in [-0.05, 0) is 18.2 Å². The Hall–Kier alpha value is -3.06. The zero-order chi connectivity index (χ0) is 20.2. The number of rotatable bonds is 8. The van der Waals surface area contributed by atoms with E-state index in [2.05, 4.69) is 10.3 Å². The Kier molecular flexibility index (Phi) is 6.07. The second-order valence-corrected chi connectivity index (χ2v) is 7.69. The summed E-state index contributed by atoms with van der Waals surface area (Å²) in [5.74, 6) is -3.20. The first-order chi connectivity index (χ1) is 12.6. The molecule has 2 aromatic rings. The van der Waals surface area contributed by atoms with Gasteiger partial charge in [-0.2, -0.15) is 0 Å². The van der Waals surface area contributed by atoms with Crippen LogP contribution in [-0.2, 0) is 14.8 Å². The molecule has 6 N–H and O–H groups in total. The van der Waals surface area contributed by atoms with Crippen LogP contribution < -0.4 is 15.8 Å². The minimum Gasteiger partial charge on any atom is -0.476 e. The summed E-state index contributed by atoms with van der Waals surface area (Å²) in [5.41, 5.74) is 5.57. The highest BCUT2D eigenvalue weighted by atomic mass is 32.2. The number of carbonyl (C=O) groups is 2. The van der Waals surface area contributed by atoms with Gasteiger partial charge < -0.3 is 16.2 Å². The van der Waals surface area contributed by atoms with Gasteiger partial charge in [-0.3, -0.25) is 14.9 Å². The third kappa shape index (κ3) is 5.21. The van der Waals surface area contributed by atoms with Crippen LogP contribution >= 0.6 is 11.3 Å². The Morgan fingerprint density at radius 2 is 2.04 bits per heavy atom. The summed E-state index contributed by atoms with van der Waals surface area (Å²) in [6, 6.07) is 2.79. The number of anilines is 2. The molecule has 27 heavy (non-hydrogen) atoms. The second kappa shape index (κ2) is 8.09. The monoisotopic (exact) mass is 415 g/mol. The van der Waals surface area contributed by atoms with Crippen LogP contribution in [0.2, 0.25) is 0 Å². The third-order valence-electron chi connectivity index (χ3n) is 3.14. The van der Waals surface area contributed by atoms with E-state index in [1.165, 1.54) is 0 Å². The number of benzene rings is 1. The van der Waals surface area contributed by atoms with E-state index in [1.807, 2.05) is 4.72 Å². The molecular formula is C14H14FN5O5S2. The van der Waals surface area contributed by atoms with Crippen molar-refractivity contribution in [1.82, 2.24) is 4.98 Å². The minimum absolute atomic E-state index is 0.00456. The predicted octanol–water partition coefficient (Wildman–Crippen LogP) is 1.44. The number of thiazole rings is 1. The first-order valence-corrected chi connectivity index (χ1v) is 9.58. The van der Waals surface area contributed by atoms with Gasteiger partial charge in [-0.25, -0.2) is 22.6 Å². The van der Waals surface area contributed by atoms with E-state index >= 15 is 0 Å². The fraction of sp³-hybridized carbons (Fsp3) is 0.143. The molecule has 1 aromatic carbocycles. The first-order valence-electron chi connectivity index (χ1n) is 7.22. The van der Waals surface area contributed by atoms with E-state index in [9.17, 15) is 22.4 Å². The number of aromatic nitrogens is 1. The van der Waals surface area contributed by atoms with Gasteiger partial charge >= 0.3 is 5.97 Å². The maximum atomic E-state index is 14.1. The van der Waals surface area contributed by atoms with Crippen molar-refractivity contribution >= 4 is 49.8 Å². The van der Waals surface area contributed by atoms with Crippen molar-refractivity contribution in [3.05, 3.63) is 35.2 Å². The molecular weight excluding hydrogens is 401 g/mol. The molecule has 0 unspecified atom stereocenters. The molecule has 2 rings (SSSR count). The van der Waals surface area contributed by atoms with Crippen molar-refractivity contribution in [2.24, 2.45) is 5.73 Å². The zero-order valence-electron chi connectivity index (χ0n) is 13.5. The highest BCUT2D eigenvalue weighted by Gasteiger charge is 2.22. The lowest BCUT2D eigenvalue weighted by molar-refractivity contribution is -0.116. The summed E-state index contributed by atoms with van der Waals surface area (Å²) in [6.45, 7) is 0. The molecule has 0 aliphatic carbocycles. The van der Waals surface area contributed by atoms with E-state index in [0.29, 0.717) is 6.07 Å². The summed E-state index contributed by atoms with van der Waals surface area (Å²) in [6.07, 6.45) is -0.121. The highest BCUT2D eigenvalue weighted by Crippen LogP contribution is 2.26. The van der Waals surface area contributed by atoms with E-state index in [1.54, 1.807) is 0 Å². The van der Waals surface area contributed by atoms with Crippen molar-refractivity contribution in [3.63, 3.8) is 0 Å². The van der Waals surface area contributed by atoms with Gasteiger partial charge in [0.2, 0.25) is 5.91 Å². The van der Waals surface area contributed by atoms with E-state index in [4.69, 9.17) is 16.2 Å². The summed E-state index contributed by atoms with van der Waals surface area (Å²) in [5, 5.41) is 18.0. The number of amidine groups is 1. The minimum atomic E-state index is -4.27. The number of amides is 1. The van der Waals surface area contributed by atoms with Crippen LogP contribution in [-0.4, -0.2) is 36.2 Å². The second-order valence-electron chi connectivity index (χ2n) is 5.16. The number of halogens is 1. The van der Waals surface area contributed by atoms with Gasteiger partial charge in [0.15, 0.2) is 5.69 Å². The molecule has 0 saturated carbocycles. The molecule has 1 aromatic heterocycles. The fourth-order valence-corrected chi connectivity index (χ4v) is 3.88. The topological polar surface area (TPSA) is 175 Å². The maximum absolute atomic E-state index is 14.1. The Balaban J connectivity index is 2.18. The summed E-state index contributed by atoms with van der Waals surface area (Å²) < 4.78 is 40.8. The van der Waals surface area contributed by atoms with Crippen LogP contribution in [0.25, 0.3) is 0 Å². The maximum Gasteiger partial charge on any atom is 0.357 e. The van der Waals surface area contributed by atoms with Gasteiger partial charge in [0.1, 0.15) is 10.8 Å². The number of carboxylic acids is 1. The number of carboxylic acid groups (broad SMARTS) is 1. The largest absolute Gasteiger partial charge is 0.476 e. The van der Waals surface area contributed by atoms with Gasteiger partial charge in [0.25, 0.3) is 10.0 Å². The van der Waals surface area contributed by atoms with Gasteiger partial charge in [0, 0.05) is 12.8 Å². The number of nitrogens with zero attached hydrogens (tertiary/aromatic N) is 1. The number of carbonyl (C=O) groups excluding carboxylic acids is 1. The first kappa shape index (κ1) is 20.3. The van der Waals surface area contributed by atoms with Crippen LogP contribution in [0.4, 0.5) is 15.1 Å². The lowest BCUT2D eigenvalue weighted by atomic mass is 10.2. The summed E-state index contributed by atoms with van der Waals surface area (Å²) >= 11 is 0.762. The SMILES string of the molecule is N=C(N)CCC(=O)Nc1ccc(S(=O)(=O)Nc2scnc2C(=O)O)cc1F. The number of aromatic carboxylic acids is 1. The number of nitrogens with one attached hydrogen (secondary N) is 3. The van der Waals surface area contributed by atoms with Gasteiger partial charge in [-0.1, -0.05) is 0 Å². The number of hydrogen-bond acceptors (Lipinski definition) is 7. The van der Waals surface area contributed by atoms with Crippen LogP contribution in [0.5, 0.6) is 0 Å². The van der Waals surface area contributed by atoms with E-state index in [0.717, 1.165) is 29.0 Å². The Morgan fingerprint density at radius 1 is 1.33 bits per heavy atom. The number of sulfonamides is 1. The Bertz CT molecular complexity index is 1010. The van der Waals surface area contributed by atoms with Crippen molar-refractivity contribution in [2.45, 2.75) is 17.7 Å². The molecule has 13 heteroatoms. The molecule has 0 atom stereocenters. The summed E-state index contributed by atoms with van der Waals surface area (Å²) in [4.78, 5) is 25.7. The van der Waals surface area contributed by atoms with E-state index < -0.39 is 38.3 Å². The van der Waals surface area contributed by atoms with Crippen molar-refractivity contribution in [2.75, 3.05) is 10.0 Å². The molecule has 0 spiro atoms. The van der Waals surface area contributed by atoms with Gasteiger partial charge in [-0.15, -0.1) is 11.3 Å². The van der Waals surface area contributed by atoms with E-state index in [-0.39, 0.29) is 29.4 Å². The molecule has 0 fully saturated rings. The van der Waals surface area contributed by atoms with Crippen LogP contribution in [0.15, 0.2) is 28.6 Å². The van der Waals surface area contributed by atoms with Crippen LogP contribution in [0.3, 0.4) is 0 Å². The lowest BCUT2D eigenvalue weighted by Crippen LogP contribution is -2.18. The molecule has 0 aliphatic rings. The standard InChI is InChI=1S/C14H14FN5O5S2/c15-8-5-7(1-2-9(8)19-11(21)4-3-10(16)17)27(24,25)20-13-12(14(22)23)18-6-26-13/h1-2,5-6,20H,3-4H2,(H3,16,17)(H,19,21)(H,22,23). The van der Waals surface area contributed by atoms with Crippen molar-refractivity contribution < 1.29 is 27.5 Å². The molecule has 1 heterocycles. The summed E-state index contributed by atoms with van der Waals surface area (Å²) in [7, 11) is -4.27. The molecule has 0 bridgehead atoms. The number of nitrogens with two attached hydrogens (primary N) is 1. The normalized spacial score (nSPS) is 11.0. The van der Waals surface area contributed by atoms with Crippen molar-refractivity contribution in [1.29, 1.82) is 5.41 Å². The quantitative estimate of drug-likeness (QED) is 0.320.